The van der Waals surface area contributed by atoms with Gasteiger partial charge in [0.2, 0.25) is 5.91 Å². The minimum atomic E-state index is -0.710. The Balaban J connectivity index is 1.06. The zero-order chi connectivity index (χ0) is 40.1. The summed E-state index contributed by atoms with van der Waals surface area (Å²) in [6.07, 6.45) is 8.58. The molecule has 0 bridgehead atoms. The predicted molar refractivity (Wildman–Crippen MR) is 226 cm³/mol. The molecule has 12 heteroatoms. The van der Waals surface area contributed by atoms with Crippen LogP contribution in [0.2, 0.25) is 10.0 Å². The molecule has 4 aromatic carbocycles. The third kappa shape index (κ3) is 9.41. The van der Waals surface area contributed by atoms with E-state index >= 15 is 0 Å². The molecule has 5 aromatic rings. The van der Waals surface area contributed by atoms with E-state index in [-0.39, 0.29) is 18.4 Å². The van der Waals surface area contributed by atoms with Gasteiger partial charge in [-0.25, -0.2) is 0 Å². The molecule has 1 aliphatic heterocycles. The van der Waals surface area contributed by atoms with Gasteiger partial charge in [-0.3, -0.25) is 19.2 Å². The molecule has 1 saturated heterocycles. The fourth-order valence-electron chi connectivity index (χ4n) is 8.53. The predicted octanol–water partition coefficient (Wildman–Crippen LogP) is 8.97. The summed E-state index contributed by atoms with van der Waals surface area (Å²) in [6.45, 7) is 2.50. The molecule has 3 N–H and O–H groups in total. The molecule has 0 unspecified atom stereocenters. The number of aromatic nitrogens is 2. The Morgan fingerprint density at radius 3 is 2.40 bits per heavy atom. The molecule has 1 aromatic heterocycles. The van der Waals surface area contributed by atoms with Crippen molar-refractivity contribution < 1.29 is 24.2 Å². The first kappa shape index (κ1) is 40.6. The van der Waals surface area contributed by atoms with Crippen molar-refractivity contribution in [2.75, 3.05) is 27.8 Å². The summed E-state index contributed by atoms with van der Waals surface area (Å²) >= 11 is 14.2. The number of nitrogens with zero attached hydrogens (tertiary/aromatic N) is 3. The van der Waals surface area contributed by atoms with E-state index in [0.717, 1.165) is 99.9 Å². The SMILES string of the molecule is COc1cc(-c2cccc(-c3cccc4c3cnn4Cc3cc(OC)c(CN(C)C4CCC(CCC(=O)O)CC4)cc3Cl)c2Cl)ccc1CNC[C@@H]1CCC(=O)N1. The molecule has 300 valence electrons. The zero-order valence-electron chi connectivity index (χ0n) is 32.8. The average Bonchev–Trinajstić information content (AvgIpc) is 3.83. The van der Waals surface area contributed by atoms with E-state index in [1.807, 2.05) is 53.3 Å². The first-order valence-corrected chi connectivity index (χ1v) is 20.6. The molecule has 1 atom stereocenters. The van der Waals surface area contributed by atoms with Crippen LogP contribution in [0.15, 0.2) is 72.9 Å². The summed E-state index contributed by atoms with van der Waals surface area (Å²) in [5.41, 5.74) is 7.67. The number of aliphatic carboxylic acids is 1. The van der Waals surface area contributed by atoms with Crippen LogP contribution in [0, 0.1) is 5.92 Å². The number of carboxylic acids is 1. The lowest BCUT2D eigenvalue weighted by Gasteiger charge is -2.35. The van der Waals surface area contributed by atoms with Crippen molar-refractivity contribution in [3.05, 3.63) is 99.7 Å². The Labute approximate surface area is 344 Å². The number of hydrogen-bond donors (Lipinski definition) is 3. The average molecular weight is 813 g/mol. The minimum absolute atomic E-state index is 0.114. The van der Waals surface area contributed by atoms with Crippen LogP contribution < -0.4 is 20.1 Å². The second kappa shape index (κ2) is 18.3. The monoisotopic (exact) mass is 811 g/mol. The number of amides is 1. The second-order valence-corrected chi connectivity index (χ2v) is 16.2. The van der Waals surface area contributed by atoms with Crippen LogP contribution in [0.3, 0.4) is 0 Å². The van der Waals surface area contributed by atoms with Crippen LogP contribution in [0.5, 0.6) is 11.5 Å². The van der Waals surface area contributed by atoms with E-state index in [4.69, 9.17) is 42.9 Å². The van der Waals surface area contributed by atoms with E-state index in [2.05, 4.69) is 46.8 Å². The molecule has 2 aliphatic rings. The van der Waals surface area contributed by atoms with Gasteiger partial charge in [0.1, 0.15) is 11.5 Å². The number of hydrogen-bond acceptors (Lipinski definition) is 7. The van der Waals surface area contributed by atoms with Gasteiger partial charge in [0.05, 0.1) is 37.5 Å². The van der Waals surface area contributed by atoms with Crippen molar-refractivity contribution in [3.8, 4) is 33.8 Å². The van der Waals surface area contributed by atoms with Gasteiger partial charge in [0, 0.05) is 77.2 Å². The zero-order valence-corrected chi connectivity index (χ0v) is 34.3. The Morgan fingerprint density at radius 1 is 0.930 bits per heavy atom. The summed E-state index contributed by atoms with van der Waals surface area (Å²) in [5, 5.41) is 22.6. The largest absolute Gasteiger partial charge is 0.496 e. The quantitative estimate of drug-likeness (QED) is 0.0905. The maximum absolute atomic E-state index is 11.6. The highest BCUT2D eigenvalue weighted by Gasteiger charge is 2.26. The van der Waals surface area contributed by atoms with Gasteiger partial charge in [-0.05, 0) is 92.4 Å². The normalized spacial score (nSPS) is 18.3. The Morgan fingerprint density at radius 2 is 1.67 bits per heavy atom. The first-order valence-electron chi connectivity index (χ1n) is 19.8. The highest BCUT2D eigenvalue weighted by molar-refractivity contribution is 6.36. The molecule has 1 amide bonds. The molecule has 0 radical (unpaired) electrons. The fourth-order valence-corrected chi connectivity index (χ4v) is 9.11. The van der Waals surface area contributed by atoms with E-state index < -0.39 is 5.97 Å². The van der Waals surface area contributed by atoms with Crippen molar-refractivity contribution in [3.63, 3.8) is 0 Å². The molecule has 2 fully saturated rings. The number of benzene rings is 4. The molecule has 7 rings (SSSR count). The van der Waals surface area contributed by atoms with Crippen LogP contribution in [0.1, 0.15) is 68.1 Å². The molecule has 1 aliphatic carbocycles. The van der Waals surface area contributed by atoms with Gasteiger partial charge in [-0.1, -0.05) is 65.7 Å². The second-order valence-electron chi connectivity index (χ2n) is 15.4. The minimum Gasteiger partial charge on any atom is -0.496 e. The molecule has 2 heterocycles. The van der Waals surface area contributed by atoms with Crippen molar-refractivity contribution >= 4 is 46.0 Å². The van der Waals surface area contributed by atoms with E-state index in [0.29, 0.717) is 54.6 Å². The van der Waals surface area contributed by atoms with Crippen molar-refractivity contribution in [2.24, 2.45) is 5.92 Å². The molecule has 0 spiro atoms. The third-order valence-electron chi connectivity index (χ3n) is 11.8. The summed E-state index contributed by atoms with van der Waals surface area (Å²) < 4.78 is 13.7. The standard InChI is InChI=1S/C45H51Cl2N5O5/c1-51(34-16-10-28(11-17-34)12-19-44(54)55)26-32-20-39(46)31(22-42(32)57-3)27-52-40-9-5-7-36(38(40)25-49-52)37-8-4-6-35(45(37)47)29-13-14-30(41(21-29)56-2)23-48-24-33-15-18-43(53)50-33/h4-9,13-14,20-22,25,28,33-34,48H,10-12,15-19,23-24,26-27H2,1-3H3,(H,50,53)(H,54,55)/t28?,33-,34?/m0/s1. The lowest BCUT2D eigenvalue weighted by molar-refractivity contribution is -0.137. The van der Waals surface area contributed by atoms with Crippen molar-refractivity contribution in [2.45, 2.75) is 83.1 Å². The molecular formula is C45H51Cl2N5O5. The number of fused-ring (bicyclic) bond motifs is 1. The number of carbonyl (C=O) groups is 2. The number of nitrogens with one attached hydrogen (secondary N) is 2. The van der Waals surface area contributed by atoms with Gasteiger partial charge in [0.15, 0.2) is 0 Å². The third-order valence-corrected chi connectivity index (χ3v) is 12.5. The van der Waals surface area contributed by atoms with Crippen LogP contribution in [0.4, 0.5) is 0 Å². The first-order chi connectivity index (χ1) is 27.6. The molecule has 10 nitrogen and oxygen atoms in total. The van der Waals surface area contributed by atoms with Crippen LogP contribution in [-0.2, 0) is 29.2 Å². The summed E-state index contributed by atoms with van der Waals surface area (Å²) in [7, 11) is 5.52. The Bertz CT molecular complexity index is 2230. The molecule has 1 saturated carbocycles. The Kier molecular flexibility index (Phi) is 13.0. The lowest BCUT2D eigenvalue weighted by Crippen LogP contribution is -2.35. The van der Waals surface area contributed by atoms with E-state index in [1.54, 1.807) is 14.2 Å². The highest BCUT2D eigenvalue weighted by Crippen LogP contribution is 2.41. The van der Waals surface area contributed by atoms with Crippen molar-refractivity contribution in [1.29, 1.82) is 0 Å². The van der Waals surface area contributed by atoms with E-state index in [1.165, 1.54) is 0 Å². The highest BCUT2D eigenvalue weighted by atomic mass is 35.5. The number of rotatable bonds is 16. The Hall–Kier alpha value is -4.61. The smallest absolute Gasteiger partial charge is 0.303 e. The fraction of sp³-hybridized carbons (Fsp3) is 0.400. The van der Waals surface area contributed by atoms with Crippen molar-refractivity contribution in [1.82, 2.24) is 25.3 Å². The number of methoxy groups -OCH3 is 2. The van der Waals surface area contributed by atoms with Gasteiger partial charge in [-0.2, -0.15) is 5.10 Å². The number of halogens is 2. The number of ether oxygens (including phenoxy) is 2. The van der Waals surface area contributed by atoms with Crippen LogP contribution in [0.25, 0.3) is 33.2 Å². The maximum atomic E-state index is 11.6. The van der Waals surface area contributed by atoms with Gasteiger partial charge >= 0.3 is 5.97 Å². The summed E-state index contributed by atoms with van der Waals surface area (Å²) in [4.78, 5) is 25.0. The van der Waals surface area contributed by atoms with E-state index in [9.17, 15) is 9.59 Å². The molecular weight excluding hydrogens is 761 g/mol. The van der Waals surface area contributed by atoms with Gasteiger partial charge in [0.25, 0.3) is 0 Å². The number of carboxylic acid groups (broad SMARTS) is 1. The van der Waals surface area contributed by atoms with Crippen LogP contribution in [-0.4, -0.2) is 71.6 Å². The van der Waals surface area contributed by atoms with Gasteiger partial charge in [-0.15, -0.1) is 0 Å². The summed E-state index contributed by atoms with van der Waals surface area (Å²) in [6, 6.07) is 23.0. The topological polar surface area (TPSA) is 118 Å². The lowest BCUT2D eigenvalue weighted by atomic mass is 9.83. The van der Waals surface area contributed by atoms with Crippen LogP contribution >= 0.6 is 23.2 Å². The summed E-state index contributed by atoms with van der Waals surface area (Å²) in [5.74, 6) is 1.45. The molecule has 57 heavy (non-hydrogen) atoms. The number of carbonyl (C=O) groups excluding carboxylic acids is 1. The van der Waals surface area contributed by atoms with Gasteiger partial charge < -0.3 is 25.2 Å². The maximum Gasteiger partial charge on any atom is 0.303 e.